The number of piperidine rings is 1. The number of H-pyrrole nitrogens is 1. The fraction of sp³-hybridized carbons (Fsp3) is 0.219. The molecule has 1 aliphatic rings. The predicted molar refractivity (Wildman–Crippen MR) is 157 cm³/mol. The van der Waals surface area contributed by atoms with Crippen molar-refractivity contribution in [2.24, 2.45) is 5.73 Å². The number of halogens is 1. The van der Waals surface area contributed by atoms with Crippen molar-refractivity contribution in [1.82, 2.24) is 20.3 Å². The first-order valence-corrected chi connectivity index (χ1v) is 13.7. The van der Waals surface area contributed by atoms with E-state index in [-0.39, 0.29) is 23.3 Å². The lowest BCUT2D eigenvalue weighted by Crippen LogP contribution is -2.40. The SMILES string of the molecule is Cc1cc(C(=O)N[C@@H](c2cc3ccccc3[nH]2)c2cc(F)ccc2O)cc(-c2cnc(N3CCC(N)CC3)nc2)c1. The summed E-state index contributed by atoms with van der Waals surface area (Å²) in [6.07, 6.45) is 5.36. The van der Waals surface area contributed by atoms with Crippen molar-refractivity contribution < 1.29 is 14.3 Å². The van der Waals surface area contributed by atoms with Crippen LogP contribution in [0.1, 0.15) is 46.1 Å². The molecule has 208 valence electrons. The Hall–Kier alpha value is -4.76. The Morgan fingerprint density at radius 3 is 2.56 bits per heavy atom. The van der Waals surface area contributed by atoms with Gasteiger partial charge in [0.1, 0.15) is 11.6 Å². The highest BCUT2D eigenvalue weighted by atomic mass is 19.1. The Bertz CT molecular complexity index is 1680. The van der Waals surface area contributed by atoms with Crippen molar-refractivity contribution in [2.45, 2.75) is 31.8 Å². The van der Waals surface area contributed by atoms with Crippen molar-refractivity contribution in [2.75, 3.05) is 18.0 Å². The van der Waals surface area contributed by atoms with E-state index in [0.29, 0.717) is 17.2 Å². The van der Waals surface area contributed by atoms with Crippen LogP contribution in [-0.2, 0) is 0 Å². The smallest absolute Gasteiger partial charge is 0.252 e. The number of aromatic nitrogens is 3. The van der Waals surface area contributed by atoms with Crippen LogP contribution in [0.15, 0.2) is 79.1 Å². The summed E-state index contributed by atoms with van der Waals surface area (Å²) in [6, 6.07) is 18.2. The van der Waals surface area contributed by atoms with Crippen molar-refractivity contribution in [1.29, 1.82) is 0 Å². The number of aromatic amines is 1. The van der Waals surface area contributed by atoms with Crippen LogP contribution in [0.4, 0.5) is 10.3 Å². The first-order valence-electron chi connectivity index (χ1n) is 13.7. The molecule has 5 N–H and O–H groups in total. The molecule has 0 spiro atoms. The van der Waals surface area contributed by atoms with E-state index >= 15 is 0 Å². The van der Waals surface area contributed by atoms with Crippen molar-refractivity contribution >= 4 is 22.8 Å². The van der Waals surface area contributed by atoms with E-state index in [9.17, 15) is 14.3 Å². The van der Waals surface area contributed by atoms with Crippen LogP contribution in [0.2, 0.25) is 0 Å². The summed E-state index contributed by atoms with van der Waals surface area (Å²) in [5, 5.41) is 14.6. The summed E-state index contributed by atoms with van der Waals surface area (Å²) < 4.78 is 14.3. The number of nitrogens with one attached hydrogen (secondary N) is 2. The second-order valence-corrected chi connectivity index (χ2v) is 10.6. The number of carbonyl (C=O) groups is 1. The van der Waals surface area contributed by atoms with Gasteiger partial charge in [0.15, 0.2) is 0 Å². The number of hydrogen-bond acceptors (Lipinski definition) is 6. The Morgan fingerprint density at radius 2 is 1.80 bits per heavy atom. The average molecular weight is 551 g/mol. The lowest BCUT2D eigenvalue weighted by molar-refractivity contribution is 0.0942. The normalized spacial score (nSPS) is 14.8. The minimum atomic E-state index is -0.824. The van der Waals surface area contributed by atoms with E-state index in [1.165, 1.54) is 18.2 Å². The number of amides is 1. The number of aromatic hydroxyl groups is 1. The predicted octanol–water partition coefficient (Wildman–Crippen LogP) is 5.22. The maximum Gasteiger partial charge on any atom is 0.252 e. The number of fused-ring (bicyclic) bond motifs is 1. The van der Waals surface area contributed by atoms with Gasteiger partial charge in [-0.1, -0.05) is 24.3 Å². The zero-order chi connectivity index (χ0) is 28.5. The summed E-state index contributed by atoms with van der Waals surface area (Å²) in [5.41, 5.74) is 10.7. The van der Waals surface area contributed by atoms with Gasteiger partial charge in [0, 0.05) is 59.4 Å². The lowest BCUT2D eigenvalue weighted by atomic mass is 9.99. The van der Waals surface area contributed by atoms with Gasteiger partial charge >= 0.3 is 0 Å². The van der Waals surface area contributed by atoms with E-state index in [0.717, 1.165) is 53.5 Å². The van der Waals surface area contributed by atoms with Gasteiger partial charge in [-0.15, -0.1) is 0 Å². The molecule has 0 radical (unpaired) electrons. The molecule has 0 unspecified atom stereocenters. The summed E-state index contributed by atoms with van der Waals surface area (Å²) in [7, 11) is 0. The first-order chi connectivity index (χ1) is 19.8. The van der Waals surface area contributed by atoms with Gasteiger partial charge in [-0.3, -0.25) is 4.79 Å². The number of nitrogens with zero attached hydrogens (tertiary/aromatic N) is 3. The third kappa shape index (κ3) is 5.62. The van der Waals surface area contributed by atoms with Crippen LogP contribution in [0.3, 0.4) is 0 Å². The van der Waals surface area contributed by atoms with E-state index in [1.807, 2.05) is 43.3 Å². The Labute approximate surface area is 237 Å². The molecule has 1 atom stereocenters. The van der Waals surface area contributed by atoms with E-state index < -0.39 is 11.9 Å². The minimum absolute atomic E-state index is 0.117. The third-order valence-corrected chi connectivity index (χ3v) is 7.57. The second kappa shape index (κ2) is 11.0. The highest BCUT2D eigenvalue weighted by Gasteiger charge is 2.24. The molecule has 2 aromatic heterocycles. The van der Waals surface area contributed by atoms with Gasteiger partial charge in [-0.05, 0) is 78.7 Å². The highest BCUT2D eigenvalue weighted by molar-refractivity contribution is 5.96. The third-order valence-electron chi connectivity index (χ3n) is 7.57. The lowest BCUT2D eigenvalue weighted by Gasteiger charge is -2.30. The van der Waals surface area contributed by atoms with Gasteiger partial charge in [0.25, 0.3) is 5.91 Å². The van der Waals surface area contributed by atoms with E-state index in [2.05, 4.69) is 25.2 Å². The molecular formula is C32H31FN6O2. The molecule has 1 saturated heterocycles. The summed E-state index contributed by atoms with van der Waals surface area (Å²) in [5.74, 6) is -0.332. The molecule has 0 bridgehead atoms. The Kier molecular flexibility index (Phi) is 7.11. The average Bonchev–Trinajstić information content (AvgIpc) is 3.41. The largest absolute Gasteiger partial charge is 0.508 e. The molecule has 0 aliphatic carbocycles. The number of carbonyl (C=O) groups excluding carboxylic acids is 1. The molecule has 1 aliphatic heterocycles. The number of anilines is 1. The van der Waals surface area contributed by atoms with E-state index in [4.69, 9.17) is 5.73 Å². The molecule has 0 saturated carbocycles. The molecule has 3 heterocycles. The second-order valence-electron chi connectivity index (χ2n) is 10.6. The van der Waals surface area contributed by atoms with Crippen LogP contribution < -0.4 is 16.0 Å². The summed E-state index contributed by atoms with van der Waals surface area (Å²) in [6.45, 7) is 3.57. The van der Waals surface area contributed by atoms with Crippen LogP contribution >= 0.6 is 0 Å². The Morgan fingerprint density at radius 1 is 1.05 bits per heavy atom. The number of phenols is 1. The fourth-order valence-corrected chi connectivity index (χ4v) is 5.36. The molecule has 41 heavy (non-hydrogen) atoms. The summed E-state index contributed by atoms with van der Waals surface area (Å²) >= 11 is 0. The van der Waals surface area contributed by atoms with Crippen molar-refractivity contribution in [3.05, 3.63) is 107 Å². The highest BCUT2D eigenvalue weighted by Crippen LogP contribution is 2.32. The van der Waals surface area contributed by atoms with Crippen molar-refractivity contribution in [3.8, 4) is 16.9 Å². The number of benzene rings is 3. The van der Waals surface area contributed by atoms with Crippen LogP contribution in [-0.4, -0.2) is 45.1 Å². The molecule has 1 fully saturated rings. The maximum atomic E-state index is 14.3. The van der Waals surface area contributed by atoms with Crippen LogP contribution in [0.25, 0.3) is 22.0 Å². The number of hydrogen-bond donors (Lipinski definition) is 4. The molecule has 6 rings (SSSR count). The maximum absolute atomic E-state index is 14.3. The van der Waals surface area contributed by atoms with Gasteiger partial charge < -0.3 is 26.0 Å². The zero-order valence-electron chi connectivity index (χ0n) is 22.6. The number of rotatable bonds is 6. The number of nitrogens with two attached hydrogens (primary N) is 1. The minimum Gasteiger partial charge on any atom is -0.508 e. The van der Waals surface area contributed by atoms with Gasteiger partial charge in [0.2, 0.25) is 5.95 Å². The van der Waals surface area contributed by atoms with Gasteiger partial charge in [-0.2, -0.15) is 0 Å². The van der Waals surface area contributed by atoms with Gasteiger partial charge in [-0.25, -0.2) is 14.4 Å². The molecule has 8 nitrogen and oxygen atoms in total. The molecular weight excluding hydrogens is 519 g/mol. The monoisotopic (exact) mass is 550 g/mol. The topological polar surface area (TPSA) is 120 Å². The molecule has 1 amide bonds. The Balaban J connectivity index is 1.30. The van der Waals surface area contributed by atoms with Crippen molar-refractivity contribution in [3.63, 3.8) is 0 Å². The molecule has 9 heteroatoms. The number of aryl methyl sites for hydroxylation is 1. The quantitative estimate of drug-likeness (QED) is 0.230. The fourth-order valence-electron chi connectivity index (χ4n) is 5.36. The standard InChI is InChI=1S/C32H31FN6O2/c1-19-12-21(23-17-35-32(36-18-23)39-10-8-25(34)9-11-39)14-22(13-19)31(41)38-30(26-16-24(33)6-7-29(26)40)28-15-20-4-2-3-5-27(20)37-28/h2-7,12-18,25,30,37,40H,8-11,34H2,1H3,(H,38,41)/t30-/m1/s1. The summed E-state index contributed by atoms with van der Waals surface area (Å²) in [4.78, 5) is 28.3. The van der Waals surface area contributed by atoms with E-state index in [1.54, 1.807) is 24.5 Å². The number of para-hydroxylation sites is 1. The zero-order valence-corrected chi connectivity index (χ0v) is 22.6. The number of phenolic OH excluding ortho intramolecular Hbond substituents is 1. The van der Waals surface area contributed by atoms with Gasteiger partial charge in [0.05, 0.1) is 6.04 Å². The first kappa shape index (κ1) is 26.5. The molecule has 3 aromatic carbocycles. The van der Waals surface area contributed by atoms with Crippen LogP contribution in [0.5, 0.6) is 5.75 Å². The van der Waals surface area contributed by atoms with Crippen LogP contribution in [0, 0.1) is 12.7 Å². The molecule has 5 aromatic rings.